The summed E-state index contributed by atoms with van der Waals surface area (Å²) in [6.07, 6.45) is 3.73. The largest absolute Gasteiger partial charge is 0.468 e. The second-order valence-corrected chi connectivity index (χ2v) is 5.49. The quantitative estimate of drug-likeness (QED) is 0.753. The molecule has 0 saturated heterocycles. The lowest BCUT2D eigenvalue weighted by Crippen LogP contribution is -2.41. The lowest BCUT2D eigenvalue weighted by Gasteiger charge is -2.34. The predicted octanol–water partition coefficient (Wildman–Crippen LogP) is 3.18. The molecule has 0 saturated carbocycles. The highest BCUT2D eigenvalue weighted by Crippen LogP contribution is 2.20. The van der Waals surface area contributed by atoms with Crippen molar-refractivity contribution in [2.24, 2.45) is 0 Å². The average molecular weight is 250 g/mol. The highest BCUT2D eigenvalue weighted by Gasteiger charge is 2.21. The van der Waals surface area contributed by atoms with Crippen molar-refractivity contribution in [3.8, 4) is 0 Å². The third-order valence-electron chi connectivity index (χ3n) is 3.03. The normalized spacial score (nSPS) is 12.1. The smallest absolute Gasteiger partial charge is 0.122 e. The van der Waals surface area contributed by atoms with Gasteiger partial charge < -0.3 is 9.73 Å². The van der Waals surface area contributed by atoms with Gasteiger partial charge in [0.15, 0.2) is 0 Å². The van der Waals surface area contributed by atoms with Crippen molar-refractivity contribution in [2.75, 3.05) is 13.1 Å². The van der Waals surface area contributed by atoms with Crippen LogP contribution in [0.4, 0.5) is 0 Å². The minimum absolute atomic E-state index is 0.126. The van der Waals surface area contributed by atoms with Crippen LogP contribution in [0.25, 0.3) is 0 Å². The fourth-order valence-corrected chi connectivity index (χ4v) is 1.84. The second kappa shape index (κ2) is 6.76. The molecule has 0 aromatic carbocycles. The monoisotopic (exact) mass is 250 g/mol. The Morgan fingerprint density at radius 3 is 2.72 bits per heavy atom. The van der Waals surface area contributed by atoms with Crippen LogP contribution in [-0.4, -0.2) is 23.5 Å². The van der Waals surface area contributed by atoms with Gasteiger partial charge in [0.1, 0.15) is 5.76 Å². The molecule has 0 aliphatic rings. The maximum atomic E-state index is 5.54. The molecule has 0 atom stereocenters. The summed E-state index contributed by atoms with van der Waals surface area (Å²) in [4.78, 5) is 2.39. The molecule has 0 aliphatic heterocycles. The van der Waals surface area contributed by atoms with E-state index in [9.17, 15) is 0 Å². The first kappa shape index (κ1) is 15.0. The third kappa shape index (κ3) is 4.31. The Kier molecular flexibility index (Phi) is 5.63. The van der Waals surface area contributed by atoms with Gasteiger partial charge in [0.25, 0.3) is 0 Å². The molecule has 0 bridgehead atoms. The van der Waals surface area contributed by atoms with Crippen molar-refractivity contribution >= 4 is 0 Å². The number of furan rings is 1. The van der Waals surface area contributed by atoms with E-state index in [4.69, 9.17) is 4.42 Å². The van der Waals surface area contributed by atoms with Gasteiger partial charge in [-0.25, -0.2) is 0 Å². The van der Waals surface area contributed by atoms with Gasteiger partial charge in [-0.15, -0.1) is 6.58 Å². The number of nitrogens with one attached hydrogen (secondary N) is 1. The molecule has 18 heavy (non-hydrogen) atoms. The molecular weight excluding hydrogens is 224 g/mol. The topological polar surface area (TPSA) is 28.4 Å². The van der Waals surface area contributed by atoms with Crippen molar-refractivity contribution in [3.63, 3.8) is 0 Å². The lowest BCUT2D eigenvalue weighted by molar-refractivity contribution is 0.144. The van der Waals surface area contributed by atoms with Crippen LogP contribution in [0.1, 0.15) is 39.0 Å². The maximum Gasteiger partial charge on any atom is 0.122 e. The molecule has 1 rings (SSSR count). The van der Waals surface area contributed by atoms with Crippen LogP contribution in [0.5, 0.6) is 0 Å². The molecule has 0 spiro atoms. The van der Waals surface area contributed by atoms with Crippen LogP contribution in [0.15, 0.2) is 29.4 Å². The zero-order valence-corrected chi connectivity index (χ0v) is 12.1. The fraction of sp³-hybridized carbons (Fsp3) is 0.600. The van der Waals surface area contributed by atoms with E-state index in [2.05, 4.69) is 50.6 Å². The Morgan fingerprint density at radius 2 is 2.17 bits per heavy atom. The first-order chi connectivity index (χ1) is 8.49. The van der Waals surface area contributed by atoms with Crippen molar-refractivity contribution in [1.29, 1.82) is 0 Å². The maximum absolute atomic E-state index is 5.54. The van der Waals surface area contributed by atoms with E-state index >= 15 is 0 Å². The van der Waals surface area contributed by atoms with Crippen LogP contribution in [-0.2, 0) is 13.1 Å². The highest BCUT2D eigenvalue weighted by molar-refractivity contribution is 5.17. The van der Waals surface area contributed by atoms with Crippen molar-refractivity contribution in [2.45, 2.75) is 46.3 Å². The van der Waals surface area contributed by atoms with E-state index in [1.165, 1.54) is 5.56 Å². The summed E-state index contributed by atoms with van der Waals surface area (Å²) in [7, 11) is 0. The molecule has 1 heterocycles. The summed E-state index contributed by atoms with van der Waals surface area (Å²) >= 11 is 0. The average Bonchev–Trinajstić information content (AvgIpc) is 2.72. The van der Waals surface area contributed by atoms with Gasteiger partial charge in [0.2, 0.25) is 0 Å². The molecule has 0 amide bonds. The molecule has 0 aliphatic carbocycles. The van der Waals surface area contributed by atoms with Gasteiger partial charge in [0, 0.05) is 24.2 Å². The molecule has 3 heteroatoms. The molecule has 3 nitrogen and oxygen atoms in total. The summed E-state index contributed by atoms with van der Waals surface area (Å²) in [6, 6.07) is 2.06. The summed E-state index contributed by atoms with van der Waals surface area (Å²) in [5.41, 5.74) is 1.38. The second-order valence-electron chi connectivity index (χ2n) is 5.49. The van der Waals surface area contributed by atoms with Crippen LogP contribution in [0.3, 0.4) is 0 Å². The molecule has 1 N–H and O–H groups in total. The molecule has 0 unspecified atom stereocenters. The number of hydrogen-bond acceptors (Lipinski definition) is 3. The molecule has 1 aromatic rings. The zero-order valence-electron chi connectivity index (χ0n) is 12.1. The predicted molar refractivity (Wildman–Crippen MR) is 76.4 cm³/mol. The Labute approximate surface area is 111 Å². The Morgan fingerprint density at radius 1 is 1.44 bits per heavy atom. The van der Waals surface area contributed by atoms with E-state index in [0.717, 1.165) is 31.9 Å². The van der Waals surface area contributed by atoms with Crippen molar-refractivity contribution in [1.82, 2.24) is 10.2 Å². The van der Waals surface area contributed by atoms with E-state index in [1.807, 2.05) is 6.08 Å². The SMILES string of the molecule is C=CCN(Cc1ccoc1CNCC)C(C)(C)C. The molecule has 1 aromatic heterocycles. The first-order valence-electron chi connectivity index (χ1n) is 6.61. The molecule has 0 radical (unpaired) electrons. The first-order valence-corrected chi connectivity index (χ1v) is 6.61. The number of nitrogens with zero attached hydrogens (tertiary/aromatic N) is 1. The van der Waals surface area contributed by atoms with Gasteiger partial charge in [-0.3, -0.25) is 4.90 Å². The third-order valence-corrected chi connectivity index (χ3v) is 3.03. The van der Waals surface area contributed by atoms with Gasteiger partial charge >= 0.3 is 0 Å². The van der Waals surface area contributed by atoms with Gasteiger partial charge in [0.05, 0.1) is 12.8 Å². The summed E-state index contributed by atoms with van der Waals surface area (Å²) in [5, 5.41) is 3.30. The van der Waals surface area contributed by atoms with Crippen molar-refractivity contribution < 1.29 is 4.42 Å². The van der Waals surface area contributed by atoms with Gasteiger partial charge in [-0.05, 0) is 33.4 Å². The summed E-state index contributed by atoms with van der Waals surface area (Å²) in [5.74, 6) is 1.04. The number of hydrogen-bond donors (Lipinski definition) is 1. The Hall–Kier alpha value is -1.06. The van der Waals surface area contributed by atoms with Crippen LogP contribution in [0.2, 0.25) is 0 Å². The van der Waals surface area contributed by atoms with Crippen LogP contribution < -0.4 is 5.32 Å². The lowest BCUT2D eigenvalue weighted by atomic mass is 10.0. The van der Waals surface area contributed by atoms with E-state index in [-0.39, 0.29) is 5.54 Å². The van der Waals surface area contributed by atoms with E-state index in [1.54, 1.807) is 6.26 Å². The van der Waals surface area contributed by atoms with E-state index in [0.29, 0.717) is 0 Å². The Bertz CT molecular complexity index is 363. The van der Waals surface area contributed by atoms with Crippen molar-refractivity contribution in [3.05, 3.63) is 36.3 Å². The molecular formula is C15H26N2O. The Balaban J connectivity index is 2.74. The zero-order chi connectivity index (χ0) is 13.6. The van der Waals surface area contributed by atoms with Gasteiger partial charge in [-0.2, -0.15) is 0 Å². The van der Waals surface area contributed by atoms with E-state index < -0.39 is 0 Å². The van der Waals surface area contributed by atoms with Crippen LogP contribution in [0, 0.1) is 0 Å². The minimum atomic E-state index is 0.126. The highest BCUT2D eigenvalue weighted by atomic mass is 16.3. The van der Waals surface area contributed by atoms with Gasteiger partial charge in [-0.1, -0.05) is 13.0 Å². The minimum Gasteiger partial charge on any atom is -0.468 e. The summed E-state index contributed by atoms with van der Waals surface area (Å²) in [6.45, 7) is 16.1. The number of rotatable bonds is 7. The fourth-order valence-electron chi connectivity index (χ4n) is 1.84. The molecule has 0 fully saturated rings. The standard InChI is InChI=1S/C15H26N2O/c1-6-9-17(15(3,4)5)12-13-8-10-18-14(13)11-16-7-2/h6,8,10,16H,1,7,9,11-12H2,2-5H3. The van der Waals surface area contributed by atoms with Crippen LogP contribution >= 0.6 is 0 Å². The molecule has 102 valence electrons. The summed E-state index contributed by atoms with van der Waals surface area (Å²) < 4.78 is 5.54.